The molecule has 0 spiro atoms. The van der Waals surface area contributed by atoms with Crippen LogP contribution >= 0.6 is 12.4 Å². The molecular weight excluding hydrogens is 314 g/mol. The lowest BCUT2D eigenvalue weighted by Gasteiger charge is -2.20. The number of hydrogen-bond acceptors (Lipinski definition) is 3. The zero-order valence-corrected chi connectivity index (χ0v) is 13.1. The molecule has 124 valence electrons. The van der Waals surface area contributed by atoms with Crippen molar-refractivity contribution in [2.75, 3.05) is 0 Å². The van der Waals surface area contributed by atoms with Gasteiger partial charge in [0.1, 0.15) is 5.75 Å². The number of nitrogens with one attached hydrogen (secondary N) is 1. The van der Waals surface area contributed by atoms with Crippen molar-refractivity contribution < 1.29 is 18.3 Å². The second kappa shape index (κ2) is 8.29. The van der Waals surface area contributed by atoms with Gasteiger partial charge in [-0.2, -0.15) is 8.78 Å². The van der Waals surface area contributed by atoms with Gasteiger partial charge in [0, 0.05) is 6.04 Å². The van der Waals surface area contributed by atoms with Crippen LogP contribution in [-0.2, 0) is 4.79 Å². The molecule has 1 fully saturated rings. The summed E-state index contributed by atoms with van der Waals surface area (Å²) in [6.07, 6.45) is 2.63. The maximum Gasteiger partial charge on any atom is 0.387 e. The molecule has 4 nitrogen and oxygen atoms in total. The fourth-order valence-electron chi connectivity index (χ4n) is 2.68. The van der Waals surface area contributed by atoms with Gasteiger partial charge in [0.2, 0.25) is 5.91 Å². The third kappa shape index (κ3) is 4.81. The van der Waals surface area contributed by atoms with Crippen molar-refractivity contribution in [1.29, 1.82) is 0 Å². The lowest BCUT2D eigenvalue weighted by atomic mass is 10.0. The smallest absolute Gasteiger partial charge is 0.387 e. The number of amides is 1. The SMILES string of the molecule is CC(NC(=O)C1CCCC1N)c1cccc(OC(F)F)c1.Cl. The van der Waals surface area contributed by atoms with Gasteiger partial charge >= 0.3 is 6.61 Å². The van der Waals surface area contributed by atoms with E-state index in [2.05, 4.69) is 10.1 Å². The van der Waals surface area contributed by atoms with Gasteiger partial charge in [0.25, 0.3) is 0 Å². The summed E-state index contributed by atoms with van der Waals surface area (Å²) in [5.74, 6) is -0.151. The molecule has 0 radical (unpaired) electrons. The average molecular weight is 335 g/mol. The molecule has 1 aromatic carbocycles. The van der Waals surface area contributed by atoms with Gasteiger partial charge in [-0.15, -0.1) is 12.4 Å². The van der Waals surface area contributed by atoms with E-state index >= 15 is 0 Å². The highest BCUT2D eigenvalue weighted by atomic mass is 35.5. The Morgan fingerprint density at radius 1 is 1.41 bits per heavy atom. The van der Waals surface area contributed by atoms with E-state index < -0.39 is 6.61 Å². The van der Waals surface area contributed by atoms with Gasteiger partial charge in [-0.05, 0) is 37.5 Å². The highest BCUT2D eigenvalue weighted by Crippen LogP contribution is 2.26. The van der Waals surface area contributed by atoms with Crippen LogP contribution in [0.4, 0.5) is 8.78 Å². The Balaban J connectivity index is 0.00000242. The first-order valence-electron chi connectivity index (χ1n) is 7.08. The van der Waals surface area contributed by atoms with Crippen LogP contribution in [0.3, 0.4) is 0 Å². The Morgan fingerprint density at radius 2 is 2.14 bits per heavy atom. The van der Waals surface area contributed by atoms with Crippen LogP contribution in [0.1, 0.15) is 37.8 Å². The number of carbonyl (C=O) groups is 1. The molecule has 3 atom stereocenters. The quantitative estimate of drug-likeness (QED) is 0.870. The van der Waals surface area contributed by atoms with E-state index in [1.54, 1.807) is 19.1 Å². The van der Waals surface area contributed by atoms with Gasteiger partial charge in [0.15, 0.2) is 0 Å². The number of hydrogen-bond donors (Lipinski definition) is 2. The van der Waals surface area contributed by atoms with Crippen LogP contribution < -0.4 is 15.8 Å². The molecule has 0 aromatic heterocycles. The topological polar surface area (TPSA) is 64.4 Å². The van der Waals surface area contributed by atoms with Crippen molar-refractivity contribution in [3.8, 4) is 5.75 Å². The van der Waals surface area contributed by atoms with Crippen molar-refractivity contribution in [3.05, 3.63) is 29.8 Å². The molecule has 0 aliphatic heterocycles. The number of halogens is 3. The monoisotopic (exact) mass is 334 g/mol. The predicted molar refractivity (Wildman–Crippen MR) is 82.2 cm³/mol. The first-order chi connectivity index (χ1) is 9.97. The van der Waals surface area contributed by atoms with E-state index in [-0.39, 0.29) is 42.1 Å². The van der Waals surface area contributed by atoms with Crippen LogP contribution in [-0.4, -0.2) is 18.6 Å². The zero-order chi connectivity index (χ0) is 15.4. The van der Waals surface area contributed by atoms with Crippen molar-refractivity contribution in [3.63, 3.8) is 0 Å². The molecule has 1 aromatic rings. The molecule has 3 N–H and O–H groups in total. The molecule has 3 unspecified atom stereocenters. The molecule has 1 aliphatic carbocycles. The van der Waals surface area contributed by atoms with E-state index in [1.807, 2.05) is 0 Å². The summed E-state index contributed by atoms with van der Waals surface area (Å²) in [7, 11) is 0. The fourth-order valence-corrected chi connectivity index (χ4v) is 2.68. The molecule has 1 amide bonds. The zero-order valence-electron chi connectivity index (χ0n) is 12.3. The molecule has 22 heavy (non-hydrogen) atoms. The van der Waals surface area contributed by atoms with E-state index in [9.17, 15) is 13.6 Å². The molecule has 1 aliphatic rings. The summed E-state index contributed by atoms with van der Waals surface area (Å²) in [6.45, 7) is -1.05. The first-order valence-corrected chi connectivity index (χ1v) is 7.08. The van der Waals surface area contributed by atoms with E-state index in [4.69, 9.17) is 5.73 Å². The Hall–Kier alpha value is -1.40. The molecule has 0 bridgehead atoms. The number of benzene rings is 1. The molecule has 1 saturated carbocycles. The van der Waals surface area contributed by atoms with Crippen molar-refractivity contribution in [1.82, 2.24) is 5.32 Å². The van der Waals surface area contributed by atoms with Gasteiger partial charge in [-0.25, -0.2) is 0 Å². The molecule has 0 saturated heterocycles. The highest BCUT2D eigenvalue weighted by Gasteiger charge is 2.30. The van der Waals surface area contributed by atoms with Crippen LogP contribution in [0.25, 0.3) is 0 Å². The molecule has 0 heterocycles. The second-order valence-corrected chi connectivity index (χ2v) is 5.38. The lowest BCUT2D eigenvalue weighted by Crippen LogP contribution is -2.39. The Labute approximate surface area is 134 Å². The summed E-state index contributed by atoms with van der Waals surface area (Å²) in [5.41, 5.74) is 6.62. The minimum atomic E-state index is -2.86. The van der Waals surface area contributed by atoms with E-state index in [0.717, 1.165) is 19.3 Å². The molecular formula is C15H21ClF2N2O2. The van der Waals surface area contributed by atoms with Crippen LogP contribution in [0.2, 0.25) is 0 Å². The van der Waals surface area contributed by atoms with Crippen LogP contribution in [0.5, 0.6) is 5.75 Å². The van der Waals surface area contributed by atoms with Gasteiger partial charge in [-0.3, -0.25) is 4.79 Å². The maximum absolute atomic E-state index is 12.2. The number of carbonyl (C=O) groups excluding carboxylic acids is 1. The number of alkyl halides is 2. The summed E-state index contributed by atoms with van der Waals surface area (Å²) >= 11 is 0. The Morgan fingerprint density at radius 3 is 2.73 bits per heavy atom. The summed E-state index contributed by atoms with van der Waals surface area (Å²) in [6, 6.07) is 5.97. The number of ether oxygens (including phenoxy) is 1. The van der Waals surface area contributed by atoms with Gasteiger partial charge in [0.05, 0.1) is 12.0 Å². The van der Waals surface area contributed by atoms with Crippen LogP contribution in [0.15, 0.2) is 24.3 Å². The predicted octanol–water partition coefficient (Wildman–Crippen LogP) is 3.01. The standard InChI is InChI=1S/C15H20F2N2O2.ClH/c1-9(19-14(20)12-6-3-7-13(12)18)10-4-2-5-11(8-10)21-15(16)17;/h2,4-5,8-9,12-13,15H,3,6-7,18H2,1H3,(H,19,20);1H. The third-order valence-electron chi connectivity index (χ3n) is 3.85. The third-order valence-corrected chi connectivity index (χ3v) is 3.85. The minimum Gasteiger partial charge on any atom is -0.435 e. The van der Waals surface area contributed by atoms with Crippen molar-refractivity contribution in [2.45, 2.75) is 44.9 Å². The first kappa shape index (κ1) is 18.6. The van der Waals surface area contributed by atoms with Gasteiger partial charge < -0.3 is 15.8 Å². The van der Waals surface area contributed by atoms with Crippen LogP contribution in [0, 0.1) is 5.92 Å². The fraction of sp³-hybridized carbons (Fsp3) is 0.533. The highest BCUT2D eigenvalue weighted by molar-refractivity contribution is 5.85. The number of rotatable bonds is 5. The molecule has 7 heteroatoms. The summed E-state index contributed by atoms with van der Waals surface area (Å²) in [5, 5.41) is 2.89. The summed E-state index contributed by atoms with van der Waals surface area (Å²) < 4.78 is 28.8. The minimum absolute atomic E-state index is 0. The van der Waals surface area contributed by atoms with E-state index in [1.165, 1.54) is 12.1 Å². The normalized spacial score (nSPS) is 22.0. The second-order valence-electron chi connectivity index (χ2n) is 5.38. The lowest BCUT2D eigenvalue weighted by molar-refractivity contribution is -0.125. The maximum atomic E-state index is 12.2. The largest absolute Gasteiger partial charge is 0.435 e. The van der Waals surface area contributed by atoms with Crippen molar-refractivity contribution in [2.24, 2.45) is 11.7 Å². The summed E-state index contributed by atoms with van der Waals surface area (Å²) in [4.78, 5) is 12.2. The van der Waals surface area contributed by atoms with E-state index in [0.29, 0.717) is 5.56 Å². The van der Waals surface area contributed by atoms with Gasteiger partial charge in [-0.1, -0.05) is 18.6 Å². The average Bonchev–Trinajstić information content (AvgIpc) is 2.84. The van der Waals surface area contributed by atoms with Crippen molar-refractivity contribution >= 4 is 18.3 Å². The number of nitrogens with two attached hydrogens (primary N) is 1. The molecule has 2 rings (SSSR count). The Bertz CT molecular complexity index is 502. The Kier molecular flexibility index (Phi) is 7.03.